The van der Waals surface area contributed by atoms with E-state index >= 15 is 0 Å². The van der Waals surface area contributed by atoms with Crippen LogP contribution in [0.25, 0.3) is 0 Å². The van der Waals surface area contributed by atoms with Gasteiger partial charge in [-0.1, -0.05) is 0 Å². The largest absolute Gasteiger partial charge is 0.490 e. The highest BCUT2D eigenvalue weighted by molar-refractivity contribution is 7.89. The number of rotatable bonds is 9. The monoisotopic (exact) mass is 423 g/mol. The van der Waals surface area contributed by atoms with E-state index in [1.165, 1.54) is 50.5 Å². The van der Waals surface area contributed by atoms with Gasteiger partial charge < -0.3 is 14.8 Å². The van der Waals surface area contributed by atoms with Crippen molar-refractivity contribution in [2.45, 2.75) is 4.90 Å². The molecule has 0 spiro atoms. The number of nitrogens with one attached hydrogen (secondary N) is 1. The Hall–Kier alpha value is -3.18. The second-order valence-corrected chi connectivity index (χ2v) is 8.13. The average Bonchev–Trinajstić information content (AvgIpc) is 2.70. The Morgan fingerprint density at radius 2 is 1.79 bits per heavy atom. The highest BCUT2D eigenvalue weighted by Crippen LogP contribution is 2.23. The summed E-state index contributed by atoms with van der Waals surface area (Å²) in [6.07, 6.45) is 0. The number of nitro benzene ring substituents is 1. The van der Waals surface area contributed by atoms with Gasteiger partial charge in [0.1, 0.15) is 19.0 Å². The molecule has 0 amide bonds. The zero-order chi connectivity index (χ0) is 21.6. The number of nitrogens with zero attached hydrogens (tertiary/aromatic N) is 2. The van der Waals surface area contributed by atoms with Crippen LogP contribution in [0.2, 0.25) is 0 Å². The zero-order valence-electron chi connectivity index (χ0n) is 16.1. The summed E-state index contributed by atoms with van der Waals surface area (Å²) in [7, 11) is 0.941. The van der Waals surface area contributed by atoms with Crippen LogP contribution in [0.3, 0.4) is 0 Å². The Kier molecular flexibility index (Phi) is 7.13. The molecule has 0 aliphatic heterocycles. The molecule has 0 fully saturated rings. The first kappa shape index (κ1) is 22.1. The van der Waals surface area contributed by atoms with E-state index in [2.05, 4.69) is 5.32 Å². The Balaban J connectivity index is 1.93. The van der Waals surface area contributed by atoms with E-state index in [4.69, 9.17) is 9.47 Å². The normalized spacial score (nSPS) is 11.2. The van der Waals surface area contributed by atoms with Crippen molar-refractivity contribution >= 4 is 27.4 Å². The second-order valence-electron chi connectivity index (χ2n) is 5.98. The first-order valence-electron chi connectivity index (χ1n) is 8.45. The molecular weight excluding hydrogens is 402 g/mol. The average molecular weight is 423 g/mol. The zero-order valence-corrected chi connectivity index (χ0v) is 16.9. The van der Waals surface area contributed by atoms with Crippen LogP contribution in [0.4, 0.5) is 11.4 Å². The number of esters is 1. The lowest BCUT2D eigenvalue weighted by Gasteiger charge is -2.12. The Morgan fingerprint density at radius 1 is 1.14 bits per heavy atom. The predicted octanol–water partition coefficient (Wildman–Crippen LogP) is 2.12. The molecule has 10 nitrogen and oxygen atoms in total. The second kappa shape index (κ2) is 9.34. The van der Waals surface area contributed by atoms with E-state index in [0.717, 1.165) is 10.4 Å². The molecule has 0 aliphatic rings. The van der Waals surface area contributed by atoms with Crippen LogP contribution < -0.4 is 10.1 Å². The van der Waals surface area contributed by atoms with E-state index in [-0.39, 0.29) is 29.4 Å². The maximum absolute atomic E-state index is 12.2. The third-order valence-corrected chi connectivity index (χ3v) is 5.72. The van der Waals surface area contributed by atoms with Crippen molar-refractivity contribution in [2.24, 2.45) is 0 Å². The van der Waals surface area contributed by atoms with Crippen LogP contribution in [-0.4, -0.2) is 58.0 Å². The van der Waals surface area contributed by atoms with Crippen molar-refractivity contribution in [3.05, 3.63) is 58.1 Å². The fraction of sp³-hybridized carbons (Fsp3) is 0.278. The third kappa shape index (κ3) is 5.42. The topological polar surface area (TPSA) is 128 Å². The van der Waals surface area contributed by atoms with Gasteiger partial charge in [0.2, 0.25) is 10.0 Å². The van der Waals surface area contributed by atoms with Crippen LogP contribution in [0.15, 0.2) is 47.4 Å². The molecule has 2 aromatic rings. The minimum absolute atomic E-state index is 0.0231. The number of non-ortho nitro benzene ring substituents is 1. The van der Waals surface area contributed by atoms with Gasteiger partial charge >= 0.3 is 5.97 Å². The lowest BCUT2D eigenvalue weighted by Crippen LogP contribution is -2.22. The third-order valence-electron chi connectivity index (χ3n) is 3.89. The van der Waals surface area contributed by atoms with Gasteiger partial charge in [-0.05, 0) is 30.3 Å². The molecule has 0 aliphatic carbocycles. The number of nitro groups is 1. The van der Waals surface area contributed by atoms with Gasteiger partial charge in [0, 0.05) is 39.0 Å². The lowest BCUT2D eigenvalue weighted by atomic mass is 10.1. The van der Waals surface area contributed by atoms with Gasteiger partial charge in [0.05, 0.1) is 15.4 Å². The van der Waals surface area contributed by atoms with Crippen LogP contribution in [-0.2, 0) is 14.8 Å². The molecule has 0 heterocycles. The van der Waals surface area contributed by atoms with Crippen molar-refractivity contribution in [3.63, 3.8) is 0 Å². The molecule has 0 bridgehead atoms. The summed E-state index contributed by atoms with van der Waals surface area (Å²) in [6.45, 7) is -0.0717. The number of benzene rings is 2. The van der Waals surface area contributed by atoms with E-state index in [1.54, 1.807) is 7.05 Å². The van der Waals surface area contributed by atoms with Crippen LogP contribution in [0, 0.1) is 10.1 Å². The number of anilines is 1. The molecule has 2 aromatic carbocycles. The number of hydrogen-bond donors (Lipinski definition) is 1. The van der Waals surface area contributed by atoms with Crippen molar-refractivity contribution in [3.8, 4) is 5.75 Å². The standard InChI is InChI=1S/C18H21N3O7S/c1-19-17-9-4-13(21(23)24)12-16(17)18(22)28-11-10-27-14-5-7-15(8-6-14)29(25,26)20(2)3/h4-9,12,19H,10-11H2,1-3H3. The molecule has 0 saturated heterocycles. The molecule has 0 unspecified atom stereocenters. The summed E-state index contributed by atoms with van der Waals surface area (Å²) in [5, 5.41) is 13.7. The number of sulfonamides is 1. The van der Waals surface area contributed by atoms with Gasteiger partial charge in [-0.2, -0.15) is 0 Å². The van der Waals surface area contributed by atoms with Crippen LogP contribution in [0.5, 0.6) is 5.75 Å². The highest BCUT2D eigenvalue weighted by Gasteiger charge is 2.18. The number of carbonyl (C=O) groups excluding carboxylic acids is 1. The minimum Gasteiger partial charge on any atom is -0.490 e. The van der Waals surface area contributed by atoms with E-state index < -0.39 is 20.9 Å². The van der Waals surface area contributed by atoms with E-state index in [9.17, 15) is 23.3 Å². The summed E-state index contributed by atoms with van der Waals surface area (Å²) in [4.78, 5) is 22.6. The Morgan fingerprint density at radius 3 is 2.34 bits per heavy atom. The fourth-order valence-corrected chi connectivity index (χ4v) is 3.22. The molecular formula is C18H21N3O7S. The van der Waals surface area contributed by atoms with Gasteiger partial charge in [0.15, 0.2) is 0 Å². The van der Waals surface area contributed by atoms with Gasteiger partial charge in [-0.15, -0.1) is 0 Å². The number of carbonyl (C=O) groups is 1. The molecule has 0 aromatic heterocycles. The Labute approximate surface area is 168 Å². The van der Waals surface area contributed by atoms with Crippen LogP contribution >= 0.6 is 0 Å². The smallest absolute Gasteiger partial charge is 0.340 e. The quantitative estimate of drug-likeness (QED) is 0.281. The summed E-state index contributed by atoms with van der Waals surface area (Å²) < 4.78 is 35.7. The Bertz CT molecular complexity index is 989. The summed E-state index contributed by atoms with van der Waals surface area (Å²) in [5.41, 5.74) is 0.221. The molecule has 11 heteroatoms. The van der Waals surface area contributed by atoms with Crippen molar-refractivity contribution in [1.29, 1.82) is 0 Å². The summed E-state index contributed by atoms with van der Waals surface area (Å²) in [5.74, 6) is -0.320. The first-order valence-corrected chi connectivity index (χ1v) is 9.89. The predicted molar refractivity (Wildman–Crippen MR) is 106 cm³/mol. The molecule has 29 heavy (non-hydrogen) atoms. The maximum Gasteiger partial charge on any atom is 0.340 e. The first-order chi connectivity index (χ1) is 13.7. The lowest BCUT2D eigenvalue weighted by molar-refractivity contribution is -0.384. The SMILES string of the molecule is CNc1ccc([N+](=O)[O-])cc1C(=O)OCCOc1ccc(S(=O)(=O)N(C)C)cc1. The minimum atomic E-state index is -3.52. The van der Waals surface area contributed by atoms with Gasteiger partial charge in [-0.3, -0.25) is 10.1 Å². The molecule has 0 atom stereocenters. The molecule has 1 N–H and O–H groups in total. The summed E-state index contributed by atoms with van der Waals surface area (Å²) in [6, 6.07) is 9.67. The van der Waals surface area contributed by atoms with Gasteiger partial charge in [-0.25, -0.2) is 17.5 Å². The molecule has 0 saturated carbocycles. The maximum atomic E-state index is 12.2. The van der Waals surface area contributed by atoms with Crippen LogP contribution in [0.1, 0.15) is 10.4 Å². The molecule has 0 radical (unpaired) electrons. The van der Waals surface area contributed by atoms with E-state index in [1.807, 2.05) is 0 Å². The highest BCUT2D eigenvalue weighted by atomic mass is 32.2. The van der Waals surface area contributed by atoms with Crippen molar-refractivity contribution < 1.29 is 27.6 Å². The fourth-order valence-electron chi connectivity index (χ4n) is 2.32. The van der Waals surface area contributed by atoms with Crippen molar-refractivity contribution in [2.75, 3.05) is 39.7 Å². The molecule has 156 valence electrons. The number of hydrogen-bond acceptors (Lipinski definition) is 8. The number of ether oxygens (including phenoxy) is 2. The van der Waals surface area contributed by atoms with Crippen molar-refractivity contribution in [1.82, 2.24) is 4.31 Å². The summed E-state index contributed by atoms with van der Waals surface area (Å²) >= 11 is 0. The molecule has 2 rings (SSSR count). The van der Waals surface area contributed by atoms with Gasteiger partial charge in [0.25, 0.3) is 5.69 Å². The van der Waals surface area contributed by atoms with E-state index in [0.29, 0.717) is 11.4 Å².